The minimum atomic E-state index is 0.0740. The third-order valence-electron chi connectivity index (χ3n) is 10.2. The van der Waals surface area contributed by atoms with Gasteiger partial charge in [0.15, 0.2) is 0 Å². The van der Waals surface area contributed by atoms with E-state index in [-0.39, 0.29) is 5.92 Å². The van der Waals surface area contributed by atoms with Crippen LogP contribution >= 0.6 is 11.8 Å². The minimum Gasteiger partial charge on any atom is -0.0881 e. The maximum absolute atomic E-state index is 2.38. The molecule has 224 valence electrons. The van der Waals surface area contributed by atoms with Gasteiger partial charge in [0, 0.05) is 15.7 Å². The van der Waals surface area contributed by atoms with E-state index in [1.165, 1.54) is 91.8 Å². The molecule has 1 heteroatoms. The molecule has 0 amide bonds. The Morgan fingerprint density at radius 2 is 0.667 bits per heavy atom. The highest BCUT2D eigenvalue weighted by Crippen LogP contribution is 2.57. The van der Waals surface area contributed by atoms with Gasteiger partial charge in [-0.25, -0.2) is 0 Å². The summed E-state index contributed by atoms with van der Waals surface area (Å²) >= 11 is 1.97. The second kappa shape index (κ2) is 11.0. The minimum absolute atomic E-state index is 0.0740. The van der Waals surface area contributed by atoms with Crippen LogP contribution in [0.4, 0.5) is 0 Å². The first-order valence-electron chi connectivity index (χ1n) is 16.6. The third-order valence-corrected chi connectivity index (χ3v) is 11.5. The number of fused-ring (bicyclic) bond motifs is 12. The Kier molecular flexibility index (Phi) is 6.28. The normalized spacial score (nSPS) is 12.8. The van der Waals surface area contributed by atoms with Crippen molar-refractivity contribution in [3.8, 4) is 22.3 Å². The van der Waals surface area contributed by atoms with Crippen LogP contribution in [0.2, 0.25) is 0 Å². The van der Waals surface area contributed by atoms with Gasteiger partial charge >= 0.3 is 0 Å². The maximum Gasteiger partial charge on any atom is 0.0375 e. The van der Waals surface area contributed by atoms with Crippen LogP contribution in [0.5, 0.6) is 0 Å². The summed E-state index contributed by atoms with van der Waals surface area (Å²) in [6.07, 6.45) is 0. The molecule has 10 rings (SSSR count). The first-order valence-corrected chi connectivity index (χ1v) is 17.5. The molecule has 0 aliphatic carbocycles. The molecule has 0 saturated heterocycles. The molecule has 1 heterocycles. The lowest BCUT2D eigenvalue weighted by Crippen LogP contribution is -2.12. The monoisotopic (exact) mass is 626 g/mol. The van der Waals surface area contributed by atoms with E-state index in [2.05, 4.69) is 176 Å². The van der Waals surface area contributed by atoms with Crippen molar-refractivity contribution in [3.63, 3.8) is 0 Å². The van der Waals surface area contributed by atoms with Crippen molar-refractivity contribution in [2.24, 2.45) is 0 Å². The third kappa shape index (κ3) is 4.18. The summed E-state index contributed by atoms with van der Waals surface area (Å²) in [6.45, 7) is 0. The van der Waals surface area contributed by atoms with Crippen LogP contribution in [0.3, 0.4) is 0 Å². The van der Waals surface area contributed by atoms with Gasteiger partial charge in [0.1, 0.15) is 0 Å². The summed E-state index contributed by atoms with van der Waals surface area (Å²) in [5.41, 5.74) is 9.09. The van der Waals surface area contributed by atoms with Gasteiger partial charge in [-0.05, 0) is 88.1 Å². The highest BCUT2D eigenvalue weighted by molar-refractivity contribution is 8.00. The van der Waals surface area contributed by atoms with E-state index < -0.39 is 0 Å². The van der Waals surface area contributed by atoms with Crippen LogP contribution in [-0.4, -0.2) is 0 Å². The number of benzene rings is 9. The Balaban J connectivity index is 1.25. The van der Waals surface area contributed by atoms with E-state index in [9.17, 15) is 0 Å². The molecule has 0 bridgehead atoms. The Hall–Kier alpha value is -5.63. The molecular weight excluding hydrogens is 597 g/mol. The van der Waals surface area contributed by atoms with E-state index in [0.29, 0.717) is 0 Å². The van der Waals surface area contributed by atoms with Crippen LogP contribution in [0.25, 0.3) is 65.3 Å². The molecule has 48 heavy (non-hydrogen) atoms. The van der Waals surface area contributed by atoms with Gasteiger partial charge in [-0.3, -0.25) is 0 Å². The molecule has 0 nitrogen and oxygen atoms in total. The van der Waals surface area contributed by atoms with Crippen molar-refractivity contribution in [1.82, 2.24) is 0 Å². The van der Waals surface area contributed by atoms with E-state index in [0.717, 1.165) is 0 Å². The van der Waals surface area contributed by atoms with Gasteiger partial charge in [0.25, 0.3) is 0 Å². The van der Waals surface area contributed by atoms with Gasteiger partial charge < -0.3 is 0 Å². The summed E-state index contributed by atoms with van der Waals surface area (Å²) in [7, 11) is 0. The molecule has 0 N–H and O–H groups in total. The molecule has 0 atom stereocenters. The fraction of sp³-hybridized carbons (Fsp3) is 0.0213. The molecule has 0 radical (unpaired) electrons. The second-order valence-corrected chi connectivity index (χ2v) is 13.8. The Bertz CT molecular complexity index is 2560. The number of rotatable bonds is 3. The Morgan fingerprint density at radius 3 is 1.17 bits per heavy atom. The highest BCUT2D eigenvalue weighted by atomic mass is 32.2. The van der Waals surface area contributed by atoms with E-state index in [1.54, 1.807) is 0 Å². The van der Waals surface area contributed by atoms with Crippen molar-refractivity contribution in [2.45, 2.75) is 15.7 Å². The fourth-order valence-electron chi connectivity index (χ4n) is 8.02. The van der Waals surface area contributed by atoms with Crippen molar-refractivity contribution >= 4 is 54.9 Å². The molecule has 9 aromatic carbocycles. The molecule has 0 unspecified atom stereocenters. The molecule has 9 aromatic rings. The average Bonchev–Trinajstić information content (AvgIpc) is 3.18. The van der Waals surface area contributed by atoms with E-state index in [4.69, 9.17) is 0 Å². The zero-order chi connectivity index (χ0) is 31.6. The topological polar surface area (TPSA) is 0 Å². The molecule has 0 fully saturated rings. The van der Waals surface area contributed by atoms with Crippen LogP contribution in [-0.2, 0) is 0 Å². The lowest BCUT2D eigenvalue weighted by atomic mass is 9.78. The average molecular weight is 627 g/mol. The van der Waals surface area contributed by atoms with E-state index in [1.807, 2.05) is 11.8 Å². The highest BCUT2D eigenvalue weighted by Gasteiger charge is 2.34. The summed E-state index contributed by atoms with van der Waals surface area (Å²) in [6, 6.07) is 65.0. The van der Waals surface area contributed by atoms with Crippen LogP contribution in [0.15, 0.2) is 186 Å². The summed E-state index contributed by atoms with van der Waals surface area (Å²) < 4.78 is 0. The first kappa shape index (κ1) is 27.5. The van der Waals surface area contributed by atoms with Gasteiger partial charge in [-0.15, -0.1) is 0 Å². The van der Waals surface area contributed by atoms with Crippen molar-refractivity contribution in [2.75, 3.05) is 0 Å². The van der Waals surface area contributed by atoms with Crippen LogP contribution in [0, 0.1) is 0 Å². The smallest absolute Gasteiger partial charge is 0.0375 e. The van der Waals surface area contributed by atoms with Crippen molar-refractivity contribution in [1.29, 1.82) is 0 Å². The molecule has 0 spiro atoms. The Morgan fingerprint density at radius 1 is 0.292 bits per heavy atom. The Labute approximate surface area is 284 Å². The zero-order valence-electron chi connectivity index (χ0n) is 26.2. The predicted octanol–water partition coefficient (Wildman–Crippen LogP) is 13.3. The fourth-order valence-corrected chi connectivity index (χ4v) is 9.48. The lowest BCUT2D eigenvalue weighted by Gasteiger charge is -2.33. The van der Waals surface area contributed by atoms with Gasteiger partial charge in [0.05, 0.1) is 0 Å². The molecule has 1 aliphatic rings. The number of hydrogen-bond acceptors (Lipinski definition) is 1. The van der Waals surface area contributed by atoms with Crippen LogP contribution in [0.1, 0.15) is 22.6 Å². The predicted molar refractivity (Wildman–Crippen MR) is 205 cm³/mol. The first-order chi connectivity index (χ1) is 23.8. The summed E-state index contributed by atoms with van der Waals surface area (Å²) in [5.74, 6) is 0.0740. The van der Waals surface area contributed by atoms with Crippen molar-refractivity contribution in [3.05, 3.63) is 193 Å². The SMILES string of the molecule is c1ccc(-c2cccc(-c3ccc(C4c5c(c6ccccc6c6ccccc56)Sc5c4c4ccccc4c4ccccc54)cc3)c2)cc1. The maximum atomic E-state index is 2.38. The van der Waals surface area contributed by atoms with Gasteiger partial charge in [-0.1, -0.05) is 182 Å². The molecule has 0 saturated carbocycles. The zero-order valence-corrected chi connectivity index (χ0v) is 27.0. The summed E-state index contributed by atoms with van der Waals surface area (Å²) in [5, 5.41) is 10.6. The largest absolute Gasteiger partial charge is 0.0881 e. The molecule has 0 aromatic heterocycles. The van der Waals surface area contributed by atoms with Gasteiger partial charge in [-0.2, -0.15) is 0 Å². The molecule has 1 aliphatic heterocycles. The lowest BCUT2D eigenvalue weighted by molar-refractivity contribution is 0.938. The standard InChI is InChI=1S/C47H30S/c1-2-13-30(14-3-1)33-15-12-16-34(29-33)31-25-27-32(28-26-31)43-44-39-21-8-4-17-35(39)37-19-6-10-23-41(37)46(44)48-47-42-24-11-7-20-38(42)36-18-5-9-22-40(36)45(43)47/h1-29,43H. The van der Waals surface area contributed by atoms with Gasteiger partial charge in [0.2, 0.25) is 0 Å². The van der Waals surface area contributed by atoms with E-state index >= 15 is 0 Å². The molecular formula is C47H30S. The summed E-state index contributed by atoms with van der Waals surface area (Å²) in [4.78, 5) is 2.75. The number of hydrogen-bond donors (Lipinski definition) is 0. The quantitative estimate of drug-likeness (QED) is 0.176. The second-order valence-electron chi connectivity index (χ2n) is 12.8. The van der Waals surface area contributed by atoms with Crippen LogP contribution < -0.4 is 0 Å². The van der Waals surface area contributed by atoms with Crippen molar-refractivity contribution < 1.29 is 0 Å².